The lowest BCUT2D eigenvalue weighted by Gasteiger charge is -2.22. The van der Waals surface area contributed by atoms with Crippen LogP contribution in [-0.4, -0.2) is 19.4 Å². The van der Waals surface area contributed by atoms with E-state index in [0.717, 1.165) is 23.0 Å². The third-order valence-corrected chi connectivity index (χ3v) is 8.31. The maximum atomic E-state index is 5.01. The van der Waals surface area contributed by atoms with Gasteiger partial charge >= 0.3 is 0 Å². The molecular formula is C35H36N5+. The minimum Gasteiger partial charge on any atom is -0.303 e. The van der Waals surface area contributed by atoms with Crippen LogP contribution in [0.3, 0.4) is 0 Å². The second kappa shape index (κ2) is 7.97. The molecule has 0 radical (unpaired) electrons. The highest BCUT2D eigenvalue weighted by Crippen LogP contribution is 2.41. The Morgan fingerprint density at radius 3 is 2.05 bits per heavy atom. The third kappa shape index (κ3) is 3.39. The molecule has 0 bridgehead atoms. The van der Waals surface area contributed by atoms with Crippen molar-refractivity contribution in [3.05, 3.63) is 77.5 Å². The molecule has 7 rings (SSSR count). The van der Waals surface area contributed by atoms with E-state index in [1.165, 1.54) is 60.1 Å². The predicted octanol–water partition coefficient (Wildman–Crippen LogP) is 7.88. The first-order valence-corrected chi connectivity index (χ1v) is 14.1. The van der Waals surface area contributed by atoms with Crippen molar-refractivity contribution in [2.75, 3.05) is 0 Å². The van der Waals surface area contributed by atoms with Gasteiger partial charge in [-0.05, 0) is 42.5 Å². The van der Waals surface area contributed by atoms with Gasteiger partial charge < -0.3 is 4.40 Å². The second-order valence-electron chi connectivity index (χ2n) is 13.5. The smallest absolute Gasteiger partial charge is 0.238 e. The van der Waals surface area contributed by atoms with Gasteiger partial charge in [-0.2, -0.15) is 4.57 Å². The Balaban J connectivity index is 1.65. The summed E-state index contributed by atoms with van der Waals surface area (Å²) in [6.07, 6.45) is 2.20. The molecule has 0 atom stereocenters. The molecule has 200 valence electrons. The molecule has 5 heteroatoms. The number of rotatable bonds is 1. The first-order valence-electron chi connectivity index (χ1n) is 14.1. The molecule has 0 N–H and O–H groups in total. The molecule has 0 aliphatic rings. The number of hydrogen-bond donors (Lipinski definition) is 0. The van der Waals surface area contributed by atoms with Crippen molar-refractivity contribution in [1.82, 2.24) is 19.4 Å². The summed E-state index contributed by atoms with van der Waals surface area (Å²) in [4.78, 5) is 14.9. The zero-order chi connectivity index (χ0) is 28.3. The van der Waals surface area contributed by atoms with Crippen LogP contribution in [0.1, 0.15) is 64.3 Å². The van der Waals surface area contributed by atoms with Crippen LogP contribution in [0.15, 0.2) is 54.7 Å². The molecule has 4 aromatic heterocycles. The van der Waals surface area contributed by atoms with Gasteiger partial charge in [-0.25, -0.2) is 15.0 Å². The second-order valence-corrected chi connectivity index (χ2v) is 13.5. The maximum absolute atomic E-state index is 5.01. The van der Waals surface area contributed by atoms with Crippen LogP contribution in [-0.2, 0) is 17.9 Å². The number of fused-ring (bicyclic) bond motifs is 5. The summed E-state index contributed by atoms with van der Waals surface area (Å²) in [5.74, 6) is 2.38. The highest BCUT2D eigenvalue weighted by Gasteiger charge is 2.27. The molecule has 3 aromatic carbocycles. The zero-order valence-corrected chi connectivity index (χ0v) is 24.9. The quantitative estimate of drug-likeness (QED) is 0.124. The lowest BCUT2D eigenvalue weighted by atomic mass is 9.93. The van der Waals surface area contributed by atoms with Gasteiger partial charge in [0.05, 0.1) is 16.4 Å². The summed E-state index contributed by atoms with van der Waals surface area (Å²) < 4.78 is 4.75. The van der Waals surface area contributed by atoms with Crippen molar-refractivity contribution in [3.63, 3.8) is 0 Å². The van der Waals surface area contributed by atoms with Crippen LogP contribution in [0, 0.1) is 13.8 Å². The number of hydrogen-bond acceptors (Lipinski definition) is 3. The summed E-state index contributed by atoms with van der Waals surface area (Å²) in [5.41, 5.74) is 8.19. The monoisotopic (exact) mass is 526 g/mol. The van der Waals surface area contributed by atoms with Crippen molar-refractivity contribution in [2.45, 2.75) is 66.2 Å². The molecule has 0 spiro atoms. The predicted molar refractivity (Wildman–Crippen MR) is 165 cm³/mol. The van der Waals surface area contributed by atoms with E-state index in [9.17, 15) is 0 Å². The minimum atomic E-state index is -0.184. The summed E-state index contributed by atoms with van der Waals surface area (Å²) in [6, 6.07) is 18.0. The fourth-order valence-electron chi connectivity index (χ4n) is 6.30. The molecule has 5 nitrogen and oxygen atoms in total. The first kappa shape index (κ1) is 24.9. The Bertz CT molecular complexity index is 2120. The SMILES string of the molecule is Cc1cc(C)c2c3c1cccc3n1c3cc(-c4nc(C(C)(C)C)nc(C(C)(C)C)n4)ccc3c3cc[n+](C)c2c31. The van der Waals surface area contributed by atoms with E-state index in [-0.39, 0.29) is 10.8 Å². The van der Waals surface area contributed by atoms with Crippen LogP contribution in [0.5, 0.6) is 0 Å². The van der Waals surface area contributed by atoms with Gasteiger partial charge in [-0.3, -0.25) is 0 Å². The lowest BCUT2D eigenvalue weighted by molar-refractivity contribution is -0.644. The van der Waals surface area contributed by atoms with E-state index in [4.69, 9.17) is 15.0 Å². The Kier molecular flexibility index (Phi) is 4.96. The molecule has 40 heavy (non-hydrogen) atoms. The summed E-state index contributed by atoms with van der Waals surface area (Å²) in [5, 5.41) is 6.46. The molecule has 4 heterocycles. The average Bonchev–Trinajstić information content (AvgIpc) is 3.22. The van der Waals surface area contributed by atoms with Gasteiger partial charge in [-0.15, -0.1) is 0 Å². The van der Waals surface area contributed by atoms with Crippen LogP contribution in [0.25, 0.3) is 60.4 Å². The fourth-order valence-corrected chi connectivity index (χ4v) is 6.30. The van der Waals surface area contributed by atoms with E-state index in [2.05, 4.69) is 126 Å². The normalized spacial score (nSPS) is 13.1. The molecule has 0 aliphatic carbocycles. The van der Waals surface area contributed by atoms with E-state index in [1.54, 1.807) is 0 Å². The summed E-state index contributed by atoms with van der Waals surface area (Å²) in [6.45, 7) is 17.4. The molecule has 0 saturated heterocycles. The number of nitrogens with zero attached hydrogens (tertiary/aromatic N) is 5. The van der Waals surface area contributed by atoms with Crippen LogP contribution < -0.4 is 4.57 Å². The van der Waals surface area contributed by atoms with Gasteiger partial charge in [0, 0.05) is 38.6 Å². The number of aryl methyl sites for hydroxylation is 3. The minimum absolute atomic E-state index is 0.184. The largest absolute Gasteiger partial charge is 0.303 e. The van der Waals surface area contributed by atoms with Crippen molar-refractivity contribution < 1.29 is 4.57 Å². The van der Waals surface area contributed by atoms with E-state index in [1.807, 2.05) is 0 Å². The third-order valence-electron chi connectivity index (χ3n) is 8.31. The molecule has 0 amide bonds. The maximum Gasteiger partial charge on any atom is 0.238 e. The van der Waals surface area contributed by atoms with Crippen molar-refractivity contribution in [3.8, 4) is 11.4 Å². The van der Waals surface area contributed by atoms with E-state index >= 15 is 0 Å². The number of benzene rings is 3. The zero-order valence-electron chi connectivity index (χ0n) is 24.9. The van der Waals surface area contributed by atoms with Gasteiger partial charge in [0.15, 0.2) is 12.0 Å². The van der Waals surface area contributed by atoms with Crippen molar-refractivity contribution in [2.24, 2.45) is 7.05 Å². The Hall–Kier alpha value is -4.12. The molecule has 7 aromatic rings. The van der Waals surface area contributed by atoms with Crippen molar-refractivity contribution >= 4 is 49.0 Å². The topological polar surface area (TPSA) is 47.0 Å². The van der Waals surface area contributed by atoms with Gasteiger partial charge in [-0.1, -0.05) is 71.9 Å². The van der Waals surface area contributed by atoms with Gasteiger partial charge in [0.1, 0.15) is 24.2 Å². The summed E-state index contributed by atoms with van der Waals surface area (Å²) >= 11 is 0. The lowest BCUT2D eigenvalue weighted by Crippen LogP contribution is -2.29. The van der Waals surface area contributed by atoms with Gasteiger partial charge in [0.25, 0.3) is 0 Å². The Morgan fingerprint density at radius 2 is 1.38 bits per heavy atom. The van der Waals surface area contributed by atoms with Crippen LogP contribution in [0.2, 0.25) is 0 Å². The highest BCUT2D eigenvalue weighted by molar-refractivity contribution is 6.26. The van der Waals surface area contributed by atoms with Gasteiger partial charge in [0.2, 0.25) is 5.52 Å². The standard InChI is InChI=1S/C35H36N5/c1-19-17-20(2)27-28-22(19)11-10-12-25(28)40-26-18-21(13-14-23(26)24-15-16-39(9)30(27)29(24)40)31-36-32(34(3,4)5)38-33(37-31)35(6,7)8/h10-18H,1-9H3/q+1. The summed E-state index contributed by atoms with van der Waals surface area (Å²) in [7, 11) is 2.16. The van der Waals surface area contributed by atoms with E-state index in [0.29, 0.717) is 0 Å². The van der Waals surface area contributed by atoms with E-state index < -0.39 is 0 Å². The average molecular weight is 527 g/mol. The molecule has 0 saturated carbocycles. The highest BCUT2D eigenvalue weighted by atomic mass is 15.1. The molecule has 0 unspecified atom stereocenters. The number of pyridine rings is 2. The Morgan fingerprint density at radius 1 is 0.675 bits per heavy atom. The number of aromatic nitrogens is 5. The first-order chi connectivity index (χ1) is 18.8. The molecular weight excluding hydrogens is 490 g/mol. The Labute approximate surface area is 234 Å². The van der Waals surface area contributed by atoms with Crippen LogP contribution in [0.4, 0.5) is 0 Å². The molecule has 0 aliphatic heterocycles. The molecule has 0 fully saturated rings. The van der Waals surface area contributed by atoms with Crippen LogP contribution >= 0.6 is 0 Å². The van der Waals surface area contributed by atoms with Crippen molar-refractivity contribution in [1.29, 1.82) is 0 Å². The fraction of sp³-hybridized carbons (Fsp3) is 0.314.